The number of halogens is 1. The van der Waals surface area contributed by atoms with Crippen LogP contribution in [0, 0.1) is 12.7 Å². The molecule has 2 atom stereocenters. The fraction of sp³-hybridized carbons (Fsp3) is 0.280. The molecule has 2 aliphatic rings. The largest absolute Gasteiger partial charge is 0.347 e. The highest BCUT2D eigenvalue weighted by atomic mass is 32.2. The third-order valence-electron chi connectivity index (χ3n) is 6.54. The number of nitrogens with one attached hydrogen (secondary N) is 2. The molecule has 4 aromatic rings. The Morgan fingerprint density at radius 3 is 2.58 bits per heavy atom. The number of aryl methyl sites for hydroxylation is 1. The molecule has 0 bridgehead atoms. The maximum Gasteiger partial charge on any atom is 0.347 e. The van der Waals surface area contributed by atoms with Gasteiger partial charge in [0.1, 0.15) is 23.0 Å². The Kier molecular flexibility index (Phi) is 5.53. The number of carbonyl (C=O) groups is 1. The first-order valence-electron chi connectivity index (χ1n) is 11.8. The smallest absolute Gasteiger partial charge is 0.324 e. The number of rotatable bonds is 5. The zero-order valence-corrected chi connectivity index (χ0v) is 20.4. The van der Waals surface area contributed by atoms with Gasteiger partial charge in [0, 0.05) is 25.2 Å². The molecule has 0 aliphatic carbocycles. The highest BCUT2D eigenvalue weighted by molar-refractivity contribution is 7.85. The quantitative estimate of drug-likeness (QED) is 0.427. The summed E-state index contributed by atoms with van der Waals surface area (Å²) in [6, 6.07) is 15.0. The summed E-state index contributed by atoms with van der Waals surface area (Å²) >= 11 is 0. The Labute approximate surface area is 209 Å². The summed E-state index contributed by atoms with van der Waals surface area (Å²) in [6.45, 7) is 3.20. The van der Waals surface area contributed by atoms with E-state index in [-0.39, 0.29) is 5.75 Å². The second kappa shape index (κ2) is 8.75. The van der Waals surface area contributed by atoms with E-state index in [1.807, 2.05) is 35.2 Å². The molecule has 9 nitrogen and oxygen atoms in total. The Morgan fingerprint density at radius 1 is 1.03 bits per heavy atom. The van der Waals surface area contributed by atoms with Crippen molar-refractivity contribution in [2.45, 2.75) is 30.6 Å². The maximum atomic E-state index is 13.8. The molecule has 2 aliphatic heterocycles. The van der Waals surface area contributed by atoms with E-state index in [1.54, 1.807) is 19.1 Å². The summed E-state index contributed by atoms with van der Waals surface area (Å²) in [5.41, 5.74) is 3.34. The van der Waals surface area contributed by atoms with Crippen molar-refractivity contribution in [3.63, 3.8) is 0 Å². The number of nitrogens with zero attached hydrogens (tertiary/aromatic N) is 5. The molecule has 6 rings (SSSR count). The van der Waals surface area contributed by atoms with Crippen molar-refractivity contribution >= 4 is 33.7 Å². The molecular formula is C25H24FN7O2S. The molecule has 11 heteroatoms. The number of hydrogen-bond acceptors (Lipinski definition) is 7. The number of anilines is 1. The average Bonchev–Trinajstić information content (AvgIpc) is 3.55. The third-order valence-corrected chi connectivity index (χ3v) is 8.26. The first-order valence-corrected chi connectivity index (χ1v) is 13.1. The highest BCUT2D eigenvalue weighted by Gasteiger charge is 2.49. The van der Waals surface area contributed by atoms with Crippen LogP contribution in [0.25, 0.3) is 22.4 Å². The van der Waals surface area contributed by atoms with Gasteiger partial charge in [-0.3, -0.25) is 14.4 Å². The van der Waals surface area contributed by atoms with Crippen LogP contribution in [-0.2, 0) is 16.6 Å². The molecular weight excluding hydrogens is 481 g/mol. The zero-order valence-electron chi connectivity index (χ0n) is 19.6. The molecule has 2 unspecified atom stereocenters. The summed E-state index contributed by atoms with van der Waals surface area (Å²) in [5, 5.41) is 9.48. The number of amides is 1. The van der Waals surface area contributed by atoms with Crippen LogP contribution >= 0.6 is 0 Å². The lowest BCUT2D eigenvalue weighted by Gasteiger charge is -2.44. The van der Waals surface area contributed by atoms with E-state index in [1.165, 1.54) is 16.8 Å². The Morgan fingerprint density at radius 2 is 1.81 bits per heavy atom. The molecule has 2 aromatic carbocycles. The zero-order chi connectivity index (χ0) is 24.9. The Balaban J connectivity index is 1.40. The number of likely N-dealkylation sites (tertiary alicyclic amines) is 1. The van der Waals surface area contributed by atoms with Gasteiger partial charge in [0.15, 0.2) is 0 Å². The lowest BCUT2D eigenvalue weighted by molar-refractivity contribution is 0.173. The molecule has 4 heterocycles. The number of carbonyl (C=O) groups excluding carboxylic acids is 1. The molecule has 184 valence electrons. The minimum absolute atomic E-state index is 0.270. The molecule has 2 N–H and O–H groups in total. The fourth-order valence-electron chi connectivity index (χ4n) is 4.78. The van der Waals surface area contributed by atoms with Gasteiger partial charge < -0.3 is 5.32 Å². The Hall–Kier alpha value is -3.70. The van der Waals surface area contributed by atoms with Crippen LogP contribution < -0.4 is 10.6 Å². The van der Waals surface area contributed by atoms with Gasteiger partial charge in [0.05, 0.1) is 33.3 Å². The molecule has 0 saturated carbocycles. The molecule has 0 radical (unpaired) electrons. The van der Waals surface area contributed by atoms with E-state index in [0.717, 1.165) is 18.4 Å². The summed E-state index contributed by atoms with van der Waals surface area (Å²) in [7, 11) is -1.52. The lowest BCUT2D eigenvalue weighted by Crippen LogP contribution is -2.70. The van der Waals surface area contributed by atoms with E-state index >= 15 is 0 Å². The van der Waals surface area contributed by atoms with Gasteiger partial charge in [0.2, 0.25) is 0 Å². The summed E-state index contributed by atoms with van der Waals surface area (Å²) in [6.07, 6.45) is 1.91. The van der Waals surface area contributed by atoms with E-state index in [4.69, 9.17) is 0 Å². The summed E-state index contributed by atoms with van der Waals surface area (Å²) in [4.78, 5) is 24.4. The van der Waals surface area contributed by atoms with Gasteiger partial charge in [-0.15, -0.1) is 0 Å². The van der Waals surface area contributed by atoms with Crippen LogP contribution in [-0.4, -0.2) is 53.1 Å². The highest BCUT2D eigenvalue weighted by Crippen LogP contribution is 2.33. The predicted octanol–water partition coefficient (Wildman–Crippen LogP) is 3.58. The van der Waals surface area contributed by atoms with Crippen LogP contribution in [0.5, 0.6) is 0 Å². The van der Waals surface area contributed by atoms with Crippen molar-refractivity contribution in [3.05, 3.63) is 71.7 Å². The summed E-state index contributed by atoms with van der Waals surface area (Å²) in [5.74, 6) is 0.266. The average molecular weight is 506 g/mol. The summed E-state index contributed by atoms with van der Waals surface area (Å²) < 4.78 is 28.8. The van der Waals surface area contributed by atoms with Gasteiger partial charge in [-0.25, -0.2) is 19.2 Å². The van der Waals surface area contributed by atoms with Crippen LogP contribution in [0.1, 0.15) is 24.1 Å². The second-order valence-corrected chi connectivity index (χ2v) is 10.6. The maximum absolute atomic E-state index is 13.8. The molecule has 36 heavy (non-hydrogen) atoms. The molecule has 1 saturated heterocycles. The monoisotopic (exact) mass is 505 g/mol. The van der Waals surface area contributed by atoms with Crippen molar-refractivity contribution < 1.29 is 13.4 Å². The minimum atomic E-state index is -1.52. The molecule has 0 spiro atoms. The number of benzene rings is 2. The predicted molar refractivity (Wildman–Crippen MR) is 135 cm³/mol. The van der Waals surface area contributed by atoms with E-state index in [9.17, 15) is 13.4 Å². The van der Waals surface area contributed by atoms with E-state index in [0.29, 0.717) is 47.0 Å². The van der Waals surface area contributed by atoms with Gasteiger partial charge in [-0.1, -0.05) is 30.3 Å². The van der Waals surface area contributed by atoms with Crippen LogP contribution in [0.4, 0.5) is 15.0 Å². The van der Waals surface area contributed by atoms with Crippen molar-refractivity contribution in [3.8, 4) is 11.4 Å². The molecule has 1 fully saturated rings. The normalized spacial score (nSPS) is 20.7. The number of aromatic nitrogens is 4. The van der Waals surface area contributed by atoms with Gasteiger partial charge >= 0.3 is 6.03 Å². The molecule has 1 amide bonds. The first kappa shape index (κ1) is 22.7. The van der Waals surface area contributed by atoms with Gasteiger partial charge in [-0.05, 0) is 37.5 Å². The van der Waals surface area contributed by atoms with E-state index < -0.39 is 27.8 Å². The van der Waals surface area contributed by atoms with Crippen LogP contribution in [0.15, 0.2) is 54.6 Å². The lowest BCUT2D eigenvalue weighted by atomic mass is 10.2. The number of hydrogen-bond donors (Lipinski definition) is 2. The van der Waals surface area contributed by atoms with Crippen LogP contribution in [0.2, 0.25) is 0 Å². The second-order valence-electron chi connectivity index (χ2n) is 8.99. The van der Waals surface area contributed by atoms with Crippen molar-refractivity contribution in [1.82, 2.24) is 30.0 Å². The van der Waals surface area contributed by atoms with Gasteiger partial charge in [0.25, 0.3) is 5.12 Å². The topological polar surface area (TPSA) is 105 Å². The Bertz CT molecular complexity index is 1500. The fourth-order valence-corrected chi connectivity index (χ4v) is 6.37. The number of fused-ring (bicyclic) bond motifs is 2. The van der Waals surface area contributed by atoms with Crippen molar-refractivity contribution in [2.24, 2.45) is 0 Å². The minimum Gasteiger partial charge on any atom is -0.324 e. The molecule has 2 aromatic heterocycles. The van der Waals surface area contributed by atoms with E-state index in [2.05, 4.69) is 25.7 Å². The SMILES string of the molecule is Cc1nc2ccc(F)cc2nc1-c1cc2n(n1)C(=O)NC(N1CCCC1)(S(=O)Cc1ccccc1)N2. The van der Waals surface area contributed by atoms with Crippen LogP contribution in [0.3, 0.4) is 0 Å². The van der Waals surface area contributed by atoms with Crippen molar-refractivity contribution in [2.75, 3.05) is 18.4 Å². The van der Waals surface area contributed by atoms with Gasteiger partial charge in [-0.2, -0.15) is 9.78 Å². The standard InChI is InChI=1S/C25H24FN7O2S/c1-16-23(28-20-13-18(26)9-10-19(20)27-16)21-14-22-29-25(32-11-5-6-12-32,30-24(34)33(22)31-21)36(35)15-17-7-3-2-4-8-17/h2-4,7-10,13-14,29H,5-6,11-12,15H2,1H3,(H,30,34). The van der Waals surface area contributed by atoms with Crippen molar-refractivity contribution in [1.29, 1.82) is 0 Å². The first-order chi connectivity index (χ1) is 17.4. The third kappa shape index (κ3) is 3.84.